The monoisotopic (exact) mass is 449 g/mol. The van der Waals surface area contributed by atoms with E-state index in [1.807, 2.05) is 31.3 Å². The van der Waals surface area contributed by atoms with Crippen molar-refractivity contribution in [1.82, 2.24) is 25.1 Å². The van der Waals surface area contributed by atoms with Gasteiger partial charge in [0.2, 0.25) is 0 Å². The third-order valence-corrected chi connectivity index (χ3v) is 5.60. The molecular weight excluding hydrogens is 422 g/mol. The van der Waals surface area contributed by atoms with Gasteiger partial charge < -0.3 is 14.8 Å². The van der Waals surface area contributed by atoms with E-state index in [9.17, 15) is 4.79 Å². The molecule has 1 aliphatic heterocycles. The van der Waals surface area contributed by atoms with Crippen molar-refractivity contribution in [3.63, 3.8) is 0 Å². The van der Waals surface area contributed by atoms with Gasteiger partial charge in [0.1, 0.15) is 5.82 Å². The molecule has 0 aromatic carbocycles. The minimum Gasteiger partial charge on any atom is -0.453 e. The lowest BCUT2D eigenvalue weighted by Crippen LogP contribution is -2.28. The van der Waals surface area contributed by atoms with Gasteiger partial charge in [-0.3, -0.25) is 15.2 Å². The van der Waals surface area contributed by atoms with Crippen molar-refractivity contribution < 1.29 is 14.3 Å². The SMILES string of the molecule is COC(=O)Nc1cc(-c2cnnc(-c3cc(NCN4CC[C@@H](OC)C4)cnc3C)c2)ccn1. The van der Waals surface area contributed by atoms with Gasteiger partial charge in [-0.25, -0.2) is 9.78 Å². The normalized spacial score (nSPS) is 15.9. The summed E-state index contributed by atoms with van der Waals surface area (Å²) < 4.78 is 10.1. The van der Waals surface area contributed by atoms with Gasteiger partial charge in [-0.15, -0.1) is 0 Å². The largest absolute Gasteiger partial charge is 0.453 e. The van der Waals surface area contributed by atoms with Crippen molar-refractivity contribution in [3.8, 4) is 22.4 Å². The number of carbonyl (C=O) groups is 1. The highest BCUT2D eigenvalue weighted by molar-refractivity contribution is 5.84. The molecule has 4 heterocycles. The molecule has 172 valence electrons. The summed E-state index contributed by atoms with van der Waals surface area (Å²) in [4.78, 5) is 22.5. The summed E-state index contributed by atoms with van der Waals surface area (Å²) in [6.45, 7) is 4.59. The smallest absolute Gasteiger partial charge is 0.412 e. The number of nitrogens with zero attached hydrogens (tertiary/aromatic N) is 5. The van der Waals surface area contributed by atoms with Crippen LogP contribution in [-0.2, 0) is 9.47 Å². The fourth-order valence-corrected chi connectivity index (χ4v) is 3.72. The van der Waals surface area contributed by atoms with Crippen molar-refractivity contribution in [2.45, 2.75) is 19.4 Å². The molecule has 0 unspecified atom stereocenters. The summed E-state index contributed by atoms with van der Waals surface area (Å²) in [7, 11) is 3.06. The number of amides is 1. The Morgan fingerprint density at radius 1 is 1.18 bits per heavy atom. The van der Waals surface area contributed by atoms with Crippen LogP contribution in [0, 0.1) is 6.92 Å². The highest BCUT2D eigenvalue weighted by Crippen LogP contribution is 2.28. The van der Waals surface area contributed by atoms with Crippen LogP contribution in [0.2, 0.25) is 0 Å². The first-order valence-corrected chi connectivity index (χ1v) is 10.7. The fourth-order valence-electron chi connectivity index (χ4n) is 3.72. The fraction of sp³-hybridized carbons (Fsp3) is 0.348. The van der Waals surface area contributed by atoms with Crippen LogP contribution in [0.25, 0.3) is 22.4 Å². The first-order valence-electron chi connectivity index (χ1n) is 10.7. The van der Waals surface area contributed by atoms with E-state index in [0.717, 1.165) is 54.3 Å². The molecule has 3 aromatic heterocycles. The Bertz CT molecular complexity index is 1120. The Kier molecular flexibility index (Phi) is 7.06. The third kappa shape index (κ3) is 5.60. The lowest BCUT2D eigenvalue weighted by Gasteiger charge is -2.17. The van der Waals surface area contributed by atoms with Crippen LogP contribution >= 0.6 is 0 Å². The summed E-state index contributed by atoms with van der Waals surface area (Å²) in [5, 5.41) is 14.5. The second kappa shape index (κ2) is 10.3. The van der Waals surface area contributed by atoms with E-state index in [1.54, 1.807) is 25.6 Å². The lowest BCUT2D eigenvalue weighted by atomic mass is 10.0. The van der Waals surface area contributed by atoms with E-state index in [-0.39, 0.29) is 0 Å². The maximum atomic E-state index is 11.5. The minimum absolute atomic E-state index is 0.299. The zero-order valence-corrected chi connectivity index (χ0v) is 18.9. The highest BCUT2D eigenvalue weighted by atomic mass is 16.5. The number of anilines is 2. The van der Waals surface area contributed by atoms with Gasteiger partial charge in [0, 0.05) is 43.2 Å². The molecule has 1 saturated heterocycles. The molecule has 1 aliphatic rings. The molecule has 0 bridgehead atoms. The second-order valence-corrected chi connectivity index (χ2v) is 7.79. The summed E-state index contributed by atoms with van der Waals surface area (Å²) in [6, 6.07) is 7.58. The van der Waals surface area contributed by atoms with Crippen molar-refractivity contribution in [2.24, 2.45) is 0 Å². The zero-order chi connectivity index (χ0) is 23.2. The summed E-state index contributed by atoms with van der Waals surface area (Å²) >= 11 is 0. The molecule has 33 heavy (non-hydrogen) atoms. The molecule has 0 aliphatic carbocycles. The quantitative estimate of drug-likeness (QED) is 0.561. The van der Waals surface area contributed by atoms with E-state index < -0.39 is 6.09 Å². The standard InChI is InChI=1S/C23H27N7O3/c1-15-20(10-18(12-25-15)26-14-30-7-5-19(13-30)32-2)21-8-17(11-27-29-21)16-4-6-24-22(9-16)28-23(31)33-3/h4,6,8-12,19,26H,5,7,13-14H2,1-3H3,(H,24,28,31)/t19-/m1/s1. The highest BCUT2D eigenvalue weighted by Gasteiger charge is 2.21. The molecule has 2 N–H and O–H groups in total. The Hall–Kier alpha value is -3.63. The first kappa shape index (κ1) is 22.6. The van der Waals surface area contributed by atoms with E-state index >= 15 is 0 Å². The van der Waals surface area contributed by atoms with Crippen LogP contribution in [0.4, 0.5) is 16.3 Å². The van der Waals surface area contributed by atoms with E-state index in [1.165, 1.54) is 7.11 Å². The molecule has 0 spiro atoms. The van der Waals surface area contributed by atoms with Crippen LogP contribution in [-0.4, -0.2) is 71.2 Å². The number of likely N-dealkylation sites (tertiary alicyclic amines) is 1. The van der Waals surface area contributed by atoms with Gasteiger partial charge in [0.05, 0.1) is 43.7 Å². The number of ether oxygens (including phenoxy) is 2. The van der Waals surface area contributed by atoms with Gasteiger partial charge in [-0.05, 0) is 43.2 Å². The van der Waals surface area contributed by atoms with Crippen LogP contribution in [0.3, 0.4) is 0 Å². The minimum atomic E-state index is -0.578. The first-order chi connectivity index (χ1) is 16.1. The zero-order valence-electron chi connectivity index (χ0n) is 18.9. The molecule has 1 fully saturated rings. The maximum absolute atomic E-state index is 11.5. The Morgan fingerprint density at radius 3 is 2.85 bits per heavy atom. The van der Waals surface area contributed by atoms with Gasteiger partial charge in [0.15, 0.2) is 0 Å². The lowest BCUT2D eigenvalue weighted by molar-refractivity contribution is 0.109. The predicted octanol–water partition coefficient (Wildman–Crippen LogP) is 3.18. The number of aromatic nitrogens is 4. The predicted molar refractivity (Wildman–Crippen MR) is 125 cm³/mol. The molecule has 10 nitrogen and oxygen atoms in total. The topological polar surface area (TPSA) is 114 Å². The number of nitrogens with one attached hydrogen (secondary N) is 2. The molecular formula is C23H27N7O3. The molecule has 1 amide bonds. The van der Waals surface area contributed by atoms with Crippen LogP contribution in [0.1, 0.15) is 12.1 Å². The average molecular weight is 450 g/mol. The van der Waals surface area contributed by atoms with Gasteiger partial charge in [0.25, 0.3) is 0 Å². The Balaban J connectivity index is 1.53. The molecule has 0 radical (unpaired) electrons. The van der Waals surface area contributed by atoms with Gasteiger partial charge >= 0.3 is 6.09 Å². The number of methoxy groups -OCH3 is 2. The summed E-state index contributed by atoms with van der Waals surface area (Å²) in [6.07, 6.45) is 5.88. The number of carbonyl (C=O) groups excluding carboxylic acids is 1. The number of rotatable bonds is 7. The van der Waals surface area contributed by atoms with E-state index in [0.29, 0.717) is 17.6 Å². The van der Waals surface area contributed by atoms with E-state index in [4.69, 9.17) is 4.74 Å². The number of hydrogen-bond acceptors (Lipinski definition) is 9. The Labute approximate surface area is 192 Å². The molecule has 3 aromatic rings. The van der Waals surface area contributed by atoms with Crippen LogP contribution < -0.4 is 10.6 Å². The average Bonchev–Trinajstić information content (AvgIpc) is 3.32. The second-order valence-electron chi connectivity index (χ2n) is 7.79. The third-order valence-electron chi connectivity index (χ3n) is 5.60. The van der Waals surface area contributed by atoms with Gasteiger partial charge in [-0.1, -0.05) is 0 Å². The molecule has 1 atom stereocenters. The van der Waals surface area contributed by atoms with Crippen molar-refractivity contribution in [2.75, 3.05) is 44.6 Å². The Morgan fingerprint density at radius 2 is 2.06 bits per heavy atom. The van der Waals surface area contributed by atoms with Crippen molar-refractivity contribution in [1.29, 1.82) is 0 Å². The number of hydrogen-bond donors (Lipinski definition) is 2. The molecule has 10 heteroatoms. The summed E-state index contributed by atoms with van der Waals surface area (Å²) in [5.74, 6) is 0.388. The van der Waals surface area contributed by atoms with Crippen LogP contribution in [0.15, 0.2) is 42.9 Å². The molecule has 0 saturated carbocycles. The van der Waals surface area contributed by atoms with Crippen LogP contribution in [0.5, 0.6) is 0 Å². The number of pyridine rings is 2. The maximum Gasteiger partial charge on any atom is 0.412 e. The van der Waals surface area contributed by atoms with E-state index in [2.05, 4.69) is 40.4 Å². The summed E-state index contributed by atoms with van der Waals surface area (Å²) in [5.41, 5.74) is 5.06. The molecule has 4 rings (SSSR count). The number of aryl methyl sites for hydroxylation is 1. The van der Waals surface area contributed by atoms with Gasteiger partial charge in [-0.2, -0.15) is 10.2 Å². The van der Waals surface area contributed by atoms with Crippen molar-refractivity contribution in [3.05, 3.63) is 48.5 Å². The van der Waals surface area contributed by atoms with Crippen molar-refractivity contribution >= 4 is 17.6 Å².